The normalized spacial score (nSPS) is 11.7. The first-order valence-corrected chi connectivity index (χ1v) is 6.97. The van der Waals surface area contributed by atoms with Gasteiger partial charge in [0.25, 0.3) is 0 Å². The largest absolute Gasteiger partial charge is 0.383 e. The minimum absolute atomic E-state index is 0.118. The number of nitrogens with zero attached hydrogens (tertiary/aromatic N) is 3. The Kier molecular flexibility index (Phi) is 5.56. The van der Waals surface area contributed by atoms with Crippen molar-refractivity contribution in [3.05, 3.63) is 16.5 Å². The fourth-order valence-electron chi connectivity index (χ4n) is 1.74. The Morgan fingerprint density at radius 1 is 1.26 bits per heavy atom. The summed E-state index contributed by atoms with van der Waals surface area (Å²) in [6.07, 6.45) is 0. The Hall–Kier alpha value is -0.870. The minimum atomic E-state index is -0.118. The number of rotatable bonds is 5. The molecule has 1 heterocycles. The zero-order valence-electron chi connectivity index (χ0n) is 12.7. The molecule has 0 radical (unpaired) electrons. The highest BCUT2D eigenvalue weighted by molar-refractivity contribution is 6.30. The van der Waals surface area contributed by atoms with E-state index in [0.717, 1.165) is 30.3 Å². The van der Waals surface area contributed by atoms with Gasteiger partial charge >= 0.3 is 0 Å². The average molecular weight is 286 g/mol. The predicted octanol–water partition coefficient (Wildman–Crippen LogP) is 3.21. The second kappa shape index (κ2) is 6.53. The van der Waals surface area contributed by atoms with Crippen molar-refractivity contribution in [3.8, 4) is 0 Å². The summed E-state index contributed by atoms with van der Waals surface area (Å²) in [6.45, 7) is 12.6. The second-order valence-electron chi connectivity index (χ2n) is 5.61. The van der Waals surface area contributed by atoms with Crippen LogP contribution in [0.25, 0.3) is 0 Å². The fraction of sp³-hybridized carbons (Fsp3) is 0.714. The monoisotopic (exact) mass is 285 g/mol. The summed E-state index contributed by atoms with van der Waals surface area (Å²) < 4.78 is 5.15. The van der Waals surface area contributed by atoms with Crippen molar-refractivity contribution in [2.45, 2.75) is 40.0 Å². The number of anilines is 1. The Bertz CT molecular complexity index is 429. The molecule has 0 unspecified atom stereocenters. The van der Waals surface area contributed by atoms with Gasteiger partial charge in [-0.25, -0.2) is 9.97 Å². The van der Waals surface area contributed by atoms with Gasteiger partial charge in [-0.1, -0.05) is 32.4 Å². The maximum atomic E-state index is 6.25. The van der Waals surface area contributed by atoms with Crippen LogP contribution >= 0.6 is 11.6 Å². The van der Waals surface area contributed by atoms with E-state index in [0.29, 0.717) is 11.8 Å². The van der Waals surface area contributed by atoms with E-state index in [1.807, 2.05) is 6.92 Å². The standard InChI is InChI=1S/C14H24ClN3O/c1-7-18(8-9-19-6)12-10(2)11(15)16-13(17-12)14(3,4)5/h7-9H2,1-6H3. The molecule has 0 aliphatic heterocycles. The van der Waals surface area contributed by atoms with Gasteiger partial charge in [0.15, 0.2) is 0 Å². The molecule has 0 aliphatic carbocycles. The number of methoxy groups -OCH3 is 1. The van der Waals surface area contributed by atoms with Gasteiger partial charge in [0.05, 0.1) is 6.61 Å². The first kappa shape index (κ1) is 16.2. The molecule has 0 spiro atoms. The molecule has 0 saturated heterocycles. The highest BCUT2D eigenvalue weighted by Crippen LogP contribution is 2.28. The van der Waals surface area contributed by atoms with Crippen molar-refractivity contribution in [2.75, 3.05) is 31.7 Å². The summed E-state index contributed by atoms with van der Waals surface area (Å²) in [5.41, 5.74) is 0.805. The molecule has 0 aromatic carbocycles. The molecular weight excluding hydrogens is 262 g/mol. The van der Waals surface area contributed by atoms with Crippen LogP contribution in [0.15, 0.2) is 0 Å². The van der Waals surface area contributed by atoms with Crippen LogP contribution in [0.5, 0.6) is 0 Å². The molecule has 19 heavy (non-hydrogen) atoms. The molecule has 1 rings (SSSR count). The molecule has 0 bridgehead atoms. The lowest BCUT2D eigenvalue weighted by atomic mass is 9.95. The van der Waals surface area contributed by atoms with Crippen molar-refractivity contribution in [1.29, 1.82) is 0 Å². The topological polar surface area (TPSA) is 38.2 Å². The summed E-state index contributed by atoms with van der Waals surface area (Å²) >= 11 is 6.25. The van der Waals surface area contributed by atoms with Crippen LogP contribution in [0.4, 0.5) is 5.82 Å². The summed E-state index contributed by atoms with van der Waals surface area (Å²) in [6, 6.07) is 0. The van der Waals surface area contributed by atoms with E-state index in [2.05, 4.69) is 37.6 Å². The Morgan fingerprint density at radius 3 is 2.37 bits per heavy atom. The van der Waals surface area contributed by atoms with Gasteiger partial charge < -0.3 is 9.64 Å². The molecule has 1 aromatic heterocycles. The van der Waals surface area contributed by atoms with Gasteiger partial charge in [-0.15, -0.1) is 0 Å². The highest BCUT2D eigenvalue weighted by Gasteiger charge is 2.22. The van der Waals surface area contributed by atoms with E-state index < -0.39 is 0 Å². The number of likely N-dealkylation sites (N-methyl/N-ethyl adjacent to an activating group) is 1. The van der Waals surface area contributed by atoms with Crippen LogP contribution in [-0.4, -0.2) is 36.8 Å². The van der Waals surface area contributed by atoms with Crippen molar-refractivity contribution in [1.82, 2.24) is 9.97 Å². The third-order valence-corrected chi connectivity index (χ3v) is 3.35. The highest BCUT2D eigenvalue weighted by atomic mass is 35.5. The number of ether oxygens (including phenoxy) is 1. The van der Waals surface area contributed by atoms with Crippen LogP contribution in [0.2, 0.25) is 5.15 Å². The molecule has 0 N–H and O–H groups in total. The molecular formula is C14H24ClN3O. The predicted molar refractivity (Wildman–Crippen MR) is 80.2 cm³/mol. The number of halogens is 1. The van der Waals surface area contributed by atoms with Gasteiger partial charge in [0, 0.05) is 31.2 Å². The molecule has 0 aliphatic rings. The molecule has 108 valence electrons. The molecule has 0 amide bonds. The lowest BCUT2D eigenvalue weighted by molar-refractivity contribution is 0.205. The quantitative estimate of drug-likeness (QED) is 0.779. The van der Waals surface area contributed by atoms with Gasteiger partial charge in [-0.3, -0.25) is 0 Å². The van der Waals surface area contributed by atoms with Crippen molar-refractivity contribution < 1.29 is 4.74 Å². The number of aromatic nitrogens is 2. The minimum Gasteiger partial charge on any atom is -0.383 e. The van der Waals surface area contributed by atoms with Crippen LogP contribution in [0.3, 0.4) is 0 Å². The van der Waals surface area contributed by atoms with Gasteiger partial charge in [0.1, 0.15) is 16.8 Å². The Morgan fingerprint density at radius 2 is 1.89 bits per heavy atom. The third kappa shape index (κ3) is 4.05. The van der Waals surface area contributed by atoms with E-state index in [-0.39, 0.29) is 5.41 Å². The number of hydrogen-bond acceptors (Lipinski definition) is 4. The summed E-state index contributed by atoms with van der Waals surface area (Å²) in [4.78, 5) is 11.3. The van der Waals surface area contributed by atoms with Crippen LogP contribution in [0, 0.1) is 6.92 Å². The first-order valence-electron chi connectivity index (χ1n) is 6.59. The molecule has 4 nitrogen and oxygen atoms in total. The van der Waals surface area contributed by atoms with Crippen molar-refractivity contribution in [3.63, 3.8) is 0 Å². The SMILES string of the molecule is CCN(CCOC)c1nc(C(C)(C)C)nc(Cl)c1C. The number of hydrogen-bond donors (Lipinski definition) is 0. The Labute approximate surface area is 121 Å². The maximum absolute atomic E-state index is 6.25. The third-order valence-electron chi connectivity index (χ3n) is 2.98. The fourth-order valence-corrected chi connectivity index (χ4v) is 1.90. The summed E-state index contributed by atoms with van der Waals surface area (Å²) in [5, 5.41) is 0.533. The lowest BCUT2D eigenvalue weighted by Crippen LogP contribution is -2.30. The van der Waals surface area contributed by atoms with E-state index in [9.17, 15) is 0 Å². The van der Waals surface area contributed by atoms with E-state index >= 15 is 0 Å². The van der Waals surface area contributed by atoms with Crippen LogP contribution < -0.4 is 4.90 Å². The van der Waals surface area contributed by atoms with Crippen molar-refractivity contribution in [2.24, 2.45) is 0 Å². The molecule has 1 aromatic rings. The molecule has 0 atom stereocenters. The second-order valence-corrected chi connectivity index (χ2v) is 5.97. The van der Waals surface area contributed by atoms with Crippen molar-refractivity contribution >= 4 is 17.4 Å². The smallest absolute Gasteiger partial charge is 0.137 e. The van der Waals surface area contributed by atoms with Gasteiger partial charge in [0.2, 0.25) is 0 Å². The van der Waals surface area contributed by atoms with E-state index in [1.165, 1.54) is 0 Å². The molecule has 0 fully saturated rings. The zero-order valence-corrected chi connectivity index (χ0v) is 13.5. The molecule has 5 heteroatoms. The first-order chi connectivity index (χ1) is 8.81. The van der Waals surface area contributed by atoms with E-state index in [4.69, 9.17) is 21.3 Å². The Balaban J connectivity index is 3.20. The molecule has 0 saturated carbocycles. The van der Waals surface area contributed by atoms with Crippen LogP contribution in [-0.2, 0) is 10.2 Å². The summed E-state index contributed by atoms with van der Waals surface area (Å²) in [5.74, 6) is 1.68. The average Bonchev–Trinajstić information content (AvgIpc) is 2.33. The van der Waals surface area contributed by atoms with Crippen LogP contribution in [0.1, 0.15) is 39.1 Å². The summed E-state index contributed by atoms with van der Waals surface area (Å²) in [7, 11) is 1.70. The zero-order chi connectivity index (χ0) is 14.6. The van der Waals surface area contributed by atoms with Gasteiger partial charge in [-0.2, -0.15) is 0 Å². The van der Waals surface area contributed by atoms with E-state index in [1.54, 1.807) is 7.11 Å². The lowest BCUT2D eigenvalue weighted by Gasteiger charge is -2.26. The maximum Gasteiger partial charge on any atom is 0.137 e. The van der Waals surface area contributed by atoms with Gasteiger partial charge in [-0.05, 0) is 13.8 Å².